The third kappa shape index (κ3) is 1.65. The van der Waals surface area contributed by atoms with Gasteiger partial charge in [-0.1, -0.05) is 6.92 Å². The van der Waals surface area contributed by atoms with E-state index in [1.165, 1.54) is 0 Å². The van der Waals surface area contributed by atoms with Crippen LogP contribution in [0.25, 0.3) is 0 Å². The second-order valence-corrected chi connectivity index (χ2v) is 4.05. The number of nitrogen functional groups attached to an aromatic ring is 1. The number of anilines is 1. The van der Waals surface area contributed by atoms with Crippen molar-refractivity contribution in [3.63, 3.8) is 0 Å². The van der Waals surface area contributed by atoms with Crippen molar-refractivity contribution in [2.24, 2.45) is 5.92 Å². The number of aryl methyl sites for hydroxylation is 1. The van der Waals surface area contributed by atoms with E-state index < -0.39 is 5.97 Å². The van der Waals surface area contributed by atoms with E-state index in [1.807, 2.05) is 0 Å². The molecule has 3 N–H and O–H groups in total. The first-order valence-corrected chi connectivity index (χ1v) is 4.88. The van der Waals surface area contributed by atoms with Gasteiger partial charge in [0.15, 0.2) is 0 Å². The summed E-state index contributed by atoms with van der Waals surface area (Å²) >= 11 is 0. The van der Waals surface area contributed by atoms with Crippen molar-refractivity contribution in [1.29, 1.82) is 0 Å². The van der Waals surface area contributed by atoms with Gasteiger partial charge in [0.05, 0.1) is 5.69 Å². The fourth-order valence-corrected chi connectivity index (χ4v) is 1.73. The molecule has 5 heteroatoms. The van der Waals surface area contributed by atoms with Gasteiger partial charge in [0.2, 0.25) is 0 Å². The highest BCUT2D eigenvalue weighted by Crippen LogP contribution is 2.45. The summed E-state index contributed by atoms with van der Waals surface area (Å²) < 4.78 is 0. The van der Waals surface area contributed by atoms with Gasteiger partial charge in [0, 0.05) is 5.92 Å². The minimum Gasteiger partial charge on any atom is -0.477 e. The monoisotopic (exact) mass is 207 g/mol. The van der Waals surface area contributed by atoms with Crippen molar-refractivity contribution in [3.05, 3.63) is 17.1 Å². The van der Waals surface area contributed by atoms with E-state index in [0.29, 0.717) is 23.4 Å². The topological polar surface area (TPSA) is 89.1 Å². The molecule has 1 saturated carbocycles. The van der Waals surface area contributed by atoms with Crippen LogP contribution in [0.4, 0.5) is 5.82 Å². The summed E-state index contributed by atoms with van der Waals surface area (Å²) in [5.41, 5.74) is 6.07. The van der Waals surface area contributed by atoms with E-state index in [9.17, 15) is 4.79 Å². The van der Waals surface area contributed by atoms with Crippen molar-refractivity contribution in [2.45, 2.75) is 26.2 Å². The van der Waals surface area contributed by atoms with Gasteiger partial charge in [-0.3, -0.25) is 0 Å². The Morgan fingerprint density at radius 3 is 2.53 bits per heavy atom. The average Bonchev–Trinajstić information content (AvgIpc) is 2.80. The highest BCUT2D eigenvalue weighted by Gasteiger charge is 2.37. The molecule has 80 valence electrons. The second kappa shape index (κ2) is 3.18. The number of carbonyl (C=O) groups is 1. The quantitative estimate of drug-likeness (QED) is 0.760. The van der Waals surface area contributed by atoms with Crippen LogP contribution < -0.4 is 5.73 Å². The first-order valence-electron chi connectivity index (χ1n) is 4.88. The Hall–Kier alpha value is -1.65. The maximum Gasteiger partial charge on any atom is 0.341 e. The van der Waals surface area contributed by atoms with E-state index in [4.69, 9.17) is 10.8 Å². The molecule has 0 spiro atoms. The van der Waals surface area contributed by atoms with E-state index in [-0.39, 0.29) is 11.4 Å². The third-order valence-electron chi connectivity index (χ3n) is 2.79. The van der Waals surface area contributed by atoms with Gasteiger partial charge < -0.3 is 10.8 Å². The number of nitrogens with two attached hydrogens (primary N) is 1. The second-order valence-electron chi connectivity index (χ2n) is 4.05. The molecule has 0 aliphatic heterocycles. The molecule has 15 heavy (non-hydrogen) atoms. The van der Waals surface area contributed by atoms with Crippen LogP contribution in [-0.4, -0.2) is 21.0 Å². The molecule has 0 aromatic carbocycles. The lowest BCUT2D eigenvalue weighted by atomic mass is 10.2. The number of aromatic carboxylic acids is 1. The van der Waals surface area contributed by atoms with E-state index >= 15 is 0 Å². The minimum atomic E-state index is -1.07. The van der Waals surface area contributed by atoms with Gasteiger partial charge in [0.25, 0.3) is 0 Å². The maximum absolute atomic E-state index is 10.8. The van der Waals surface area contributed by atoms with Crippen molar-refractivity contribution < 1.29 is 9.90 Å². The summed E-state index contributed by atoms with van der Waals surface area (Å²) in [7, 11) is 0. The summed E-state index contributed by atoms with van der Waals surface area (Å²) in [5, 5.41) is 8.88. The predicted octanol–water partition coefficient (Wildman–Crippen LogP) is 1.19. The van der Waals surface area contributed by atoms with Crippen LogP contribution in [0, 0.1) is 12.8 Å². The lowest BCUT2D eigenvalue weighted by Crippen LogP contribution is -2.11. The molecule has 0 saturated heterocycles. The molecule has 1 aliphatic rings. The smallest absolute Gasteiger partial charge is 0.341 e. The van der Waals surface area contributed by atoms with Crippen molar-refractivity contribution in [1.82, 2.24) is 9.97 Å². The Morgan fingerprint density at radius 2 is 2.13 bits per heavy atom. The standard InChI is InChI=1S/C10H13N3O2/c1-4-3-6(4)9-12-5(2)7(10(14)15)8(11)13-9/h4,6H,3H2,1-2H3,(H,14,15)(H2,11,12,13). The molecule has 0 amide bonds. The molecule has 1 fully saturated rings. The molecule has 2 unspecified atom stereocenters. The Kier molecular flexibility index (Phi) is 2.10. The number of aromatic nitrogens is 2. The molecule has 5 nitrogen and oxygen atoms in total. The Labute approximate surface area is 87.4 Å². The number of hydrogen-bond donors (Lipinski definition) is 2. The van der Waals surface area contributed by atoms with Crippen LogP contribution in [0.2, 0.25) is 0 Å². The molecule has 1 aromatic heterocycles. The molecule has 2 rings (SSSR count). The van der Waals surface area contributed by atoms with Crippen LogP contribution in [0.5, 0.6) is 0 Å². The molecule has 2 atom stereocenters. The molecule has 0 bridgehead atoms. The summed E-state index contributed by atoms with van der Waals surface area (Å²) in [6.45, 7) is 3.77. The Morgan fingerprint density at radius 1 is 1.53 bits per heavy atom. The third-order valence-corrected chi connectivity index (χ3v) is 2.79. The molecule has 1 aromatic rings. The van der Waals surface area contributed by atoms with Crippen molar-refractivity contribution in [3.8, 4) is 0 Å². The summed E-state index contributed by atoms with van der Waals surface area (Å²) in [6.07, 6.45) is 1.06. The van der Waals surface area contributed by atoms with Crippen molar-refractivity contribution in [2.75, 3.05) is 5.73 Å². The molecule has 0 radical (unpaired) electrons. The van der Waals surface area contributed by atoms with Crippen LogP contribution in [0.15, 0.2) is 0 Å². The van der Waals surface area contributed by atoms with E-state index in [2.05, 4.69) is 16.9 Å². The van der Waals surface area contributed by atoms with Gasteiger partial charge in [-0.05, 0) is 19.3 Å². The van der Waals surface area contributed by atoms with E-state index in [0.717, 1.165) is 6.42 Å². The molecular weight excluding hydrogens is 194 g/mol. The van der Waals surface area contributed by atoms with Crippen LogP contribution >= 0.6 is 0 Å². The predicted molar refractivity (Wildman–Crippen MR) is 54.7 cm³/mol. The molecular formula is C10H13N3O2. The maximum atomic E-state index is 10.8. The van der Waals surface area contributed by atoms with Gasteiger partial charge in [-0.25, -0.2) is 14.8 Å². The zero-order valence-electron chi connectivity index (χ0n) is 8.69. The fraction of sp³-hybridized carbons (Fsp3) is 0.500. The highest BCUT2D eigenvalue weighted by molar-refractivity contribution is 5.93. The number of rotatable bonds is 2. The summed E-state index contributed by atoms with van der Waals surface area (Å²) in [4.78, 5) is 19.1. The van der Waals surface area contributed by atoms with Crippen LogP contribution in [0.1, 0.15) is 41.1 Å². The molecule has 1 aliphatic carbocycles. The first kappa shape index (κ1) is 9.89. The summed E-state index contributed by atoms with van der Waals surface area (Å²) in [5.74, 6) is 0.625. The Bertz CT molecular complexity index is 408. The van der Waals surface area contributed by atoms with Gasteiger partial charge in [-0.15, -0.1) is 0 Å². The number of hydrogen-bond acceptors (Lipinski definition) is 4. The highest BCUT2D eigenvalue weighted by atomic mass is 16.4. The lowest BCUT2D eigenvalue weighted by Gasteiger charge is -2.06. The molecule has 1 heterocycles. The Balaban J connectivity index is 2.43. The number of carboxylic acids is 1. The normalized spacial score (nSPS) is 23.9. The average molecular weight is 207 g/mol. The van der Waals surface area contributed by atoms with Crippen LogP contribution in [-0.2, 0) is 0 Å². The van der Waals surface area contributed by atoms with Crippen molar-refractivity contribution >= 4 is 11.8 Å². The van der Waals surface area contributed by atoms with E-state index in [1.54, 1.807) is 6.92 Å². The van der Waals surface area contributed by atoms with Gasteiger partial charge >= 0.3 is 5.97 Å². The lowest BCUT2D eigenvalue weighted by molar-refractivity contribution is 0.0696. The fourth-order valence-electron chi connectivity index (χ4n) is 1.73. The number of nitrogens with zero attached hydrogens (tertiary/aromatic N) is 2. The van der Waals surface area contributed by atoms with Gasteiger partial charge in [0.1, 0.15) is 17.2 Å². The number of carboxylic acid groups (broad SMARTS) is 1. The van der Waals surface area contributed by atoms with Gasteiger partial charge in [-0.2, -0.15) is 0 Å². The first-order chi connectivity index (χ1) is 7.00. The van der Waals surface area contributed by atoms with Crippen LogP contribution in [0.3, 0.4) is 0 Å². The largest absolute Gasteiger partial charge is 0.477 e. The SMILES string of the molecule is Cc1nc(C2CC2C)nc(N)c1C(=O)O. The zero-order valence-corrected chi connectivity index (χ0v) is 8.69. The summed E-state index contributed by atoms with van der Waals surface area (Å²) in [6, 6.07) is 0. The minimum absolute atomic E-state index is 0.0204. The zero-order chi connectivity index (χ0) is 11.2.